The van der Waals surface area contributed by atoms with Crippen LogP contribution >= 0.6 is 0 Å². The molecule has 5 nitrogen and oxygen atoms in total. The number of hydrogen-bond donors (Lipinski definition) is 0. The van der Waals surface area contributed by atoms with E-state index in [-0.39, 0.29) is 41.9 Å². The van der Waals surface area contributed by atoms with Gasteiger partial charge in [-0.2, -0.15) is 13.2 Å². The van der Waals surface area contributed by atoms with E-state index in [1.165, 1.54) is 15.9 Å². The fourth-order valence-corrected chi connectivity index (χ4v) is 3.30. The normalized spacial score (nSPS) is 19.2. The molecule has 2 heterocycles. The summed E-state index contributed by atoms with van der Waals surface area (Å²) in [6, 6.07) is 2.23. The maximum Gasteiger partial charge on any atom is 0.416 e. The number of likely N-dealkylation sites (N-methyl/N-ethyl adjacent to an activating group) is 1. The van der Waals surface area contributed by atoms with E-state index in [1.807, 2.05) is 4.90 Å². The van der Waals surface area contributed by atoms with Gasteiger partial charge in [0.15, 0.2) is 0 Å². The first-order chi connectivity index (χ1) is 11.6. The number of amides is 2. The molecule has 0 bridgehead atoms. The zero-order valence-electron chi connectivity index (χ0n) is 14.4. The number of rotatable bonds is 2. The van der Waals surface area contributed by atoms with Crippen LogP contribution in [0.2, 0.25) is 0 Å². The molecule has 1 aromatic rings. The summed E-state index contributed by atoms with van der Waals surface area (Å²) in [7, 11) is 1.78. The molecule has 1 saturated heterocycles. The topological polar surface area (TPSA) is 43.9 Å². The first kappa shape index (κ1) is 17.7. The van der Waals surface area contributed by atoms with Crippen LogP contribution in [-0.4, -0.2) is 54.3 Å². The van der Waals surface area contributed by atoms with Crippen molar-refractivity contribution in [2.75, 3.05) is 31.6 Å². The van der Waals surface area contributed by atoms with Crippen LogP contribution in [0.25, 0.3) is 0 Å². The van der Waals surface area contributed by atoms with Gasteiger partial charge in [0.1, 0.15) is 0 Å². The zero-order valence-corrected chi connectivity index (χ0v) is 14.4. The second-order valence-corrected chi connectivity index (χ2v) is 6.83. The van der Waals surface area contributed by atoms with Gasteiger partial charge in [0.2, 0.25) is 5.91 Å². The number of alkyl halides is 3. The highest BCUT2D eigenvalue weighted by Crippen LogP contribution is 2.40. The summed E-state index contributed by atoms with van der Waals surface area (Å²) >= 11 is 0. The van der Waals surface area contributed by atoms with Gasteiger partial charge in [0.25, 0.3) is 5.91 Å². The van der Waals surface area contributed by atoms with Crippen LogP contribution in [0.15, 0.2) is 12.1 Å². The smallest absolute Gasteiger partial charge is 0.332 e. The van der Waals surface area contributed by atoms with E-state index < -0.39 is 17.6 Å². The number of benzene rings is 1. The maximum absolute atomic E-state index is 13.6. The van der Waals surface area contributed by atoms with Gasteiger partial charge in [-0.1, -0.05) is 0 Å². The van der Waals surface area contributed by atoms with Gasteiger partial charge in [0, 0.05) is 36.9 Å². The van der Waals surface area contributed by atoms with Crippen molar-refractivity contribution in [3.8, 4) is 0 Å². The molecule has 0 spiro atoms. The number of fused-ring (bicyclic) bond motifs is 1. The Bertz CT molecular complexity index is 731. The fourth-order valence-electron chi connectivity index (χ4n) is 3.30. The van der Waals surface area contributed by atoms with E-state index in [0.717, 1.165) is 6.07 Å². The van der Waals surface area contributed by atoms with Gasteiger partial charge < -0.3 is 9.80 Å². The van der Waals surface area contributed by atoms with Gasteiger partial charge in [-0.3, -0.25) is 14.5 Å². The lowest BCUT2D eigenvalue weighted by molar-refractivity contribution is -0.138. The van der Waals surface area contributed by atoms with E-state index >= 15 is 0 Å². The summed E-state index contributed by atoms with van der Waals surface area (Å²) in [5.41, 5.74) is -0.645. The number of hydrogen-bond acceptors (Lipinski definition) is 3. The fraction of sp³-hybridized carbons (Fsp3) is 0.529. The third-order valence-electron chi connectivity index (χ3n) is 4.71. The molecular formula is C17H20F3N3O2. The summed E-state index contributed by atoms with van der Waals surface area (Å²) in [5.74, 6) is -0.688. The zero-order chi connectivity index (χ0) is 18.5. The Labute approximate surface area is 144 Å². The number of piperazine rings is 1. The molecule has 2 amide bonds. The summed E-state index contributed by atoms with van der Waals surface area (Å²) in [6.45, 7) is 4.48. The SMILES string of the molecule is CC(C)N1Cc2c(cc(N3CCN(C)CC3=O)cc2C(F)(F)F)C1=O. The van der Waals surface area contributed by atoms with E-state index in [4.69, 9.17) is 0 Å². The average molecular weight is 355 g/mol. The first-order valence-electron chi connectivity index (χ1n) is 8.13. The van der Waals surface area contributed by atoms with Crippen LogP contribution in [0.3, 0.4) is 0 Å². The first-order valence-corrected chi connectivity index (χ1v) is 8.13. The van der Waals surface area contributed by atoms with Crippen LogP contribution in [0, 0.1) is 0 Å². The van der Waals surface area contributed by atoms with Crippen LogP contribution in [0.5, 0.6) is 0 Å². The third-order valence-corrected chi connectivity index (χ3v) is 4.71. The largest absolute Gasteiger partial charge is 0.416 e. The molecule has 1 aromatic carbocycles. The minimum absolute atomic E-state index is 0.00322. The summed E-state index contributed by atoms with van der Waals surface area (Å²) < 4.78 is 40.7. The molecule has 8 heteroatoms. The van der Waals surface area contributed by atoms with Crippen molar-refractivity contribution in [1.82, 2.24) is 9.80 Å². The lowest BCUT2D eigenvalue weighted by Gasteiger charge is -2.32. The van der Waals surface area contributed by atoms with Crippen LogP contribution < -0.4 is 4.90 Å². The third kappa shape index (κ3) is 3.10. The second kappa shape index (κ2) is 6.01. The van der Waals surface area contributed by atoms with Gasteiger partial charge in [-0.25, -0.2) is 0 Å². The van der Waals surface area contributed by atoms with Gasteiger partial charge in [-0.15, -0.1) is 0 Å². The molecule has 0 saturated carbocycles. The van der Waals surface area contributed by atoms with Gasteiger partial charge in [-0.05, 0) is 38.6 Å². The molecule has 0 aliphatic carbocycles. The molecule has 2 aliphatic heterocycles. The molecule has 3 rings (SSSR count). The van der Waals surface area contributed by atoms with E-state index in [0.29, 0.717) is 13.1 Å². The molecule has 0 unspecified atom stereocenters. The van der Waals surface area contributed by atoms with Crippen molar-refractivity contribution in [2.45, 2.75) is 32.6 Å². The highest BCUT2D eigenvalue weighted by Gasteiger charge is 2.41. The molecule has 0 N–H and O–H groups in total. The molecule has 0 radical (unpaired) electrons. The standard InChI is InChI=1S/C17H20F3N3O2/c1-10(2)23-8-13-12(16(23)25)6-11(7-14(13)17(18,19)20)22-5-4-21(3)9-15(22)24/h6-7,10H,4-5,8-9H2,1-3H3. The van der Waals surface area contributed by atoms with Gasteiger partial charge in [0.05, 0.1) is 12.1 Å². The molecule has 25 heavy (non-hydrogen) atoms. The van der Waals surface area contributed by atoms with E-state index in [1.54, 1.807) is 20.9 Å². The summed E-state index contributed by atoms with van der Waals surface area (Å²) in [6.07, 6.45) is -4.58. The monoisotopic (exact) mass is 355 g/mol. The predicted octanol–water partition coefficient (Wildman–Crippen LogP) is 2.35. The summed E-state index contributed by atoms with van der Waals surface area (Å²) in [5, 5.41) is 0. The molecule has 1 fully saturated rings. The maximum atomic E-state index is 13.6. The number of nitrogens with zero attached hydrogens (tertiary/aromatic N) is 3. The van der Waals surface area contributed by atoms with Crippen molar-refractivity contribution >= 4 is 17.5 Å². The Morgan fingerprint density at radius 1 is 1.08 bits per heavy atom. The quantitative estimate of drug-likeness (QED) is 0.818. The molecule has 2 aliphatic rings. The number of carbonyl (C=O) groups is 2. The lowest BCUT2D eigenvalue weighted by Crippen LogP contribution is -2.49. The predicted molar refractivity (Wildman–Crippen MR) is 86.3 cm³/mol. The van der Waals surface area contributed by atoms with Crippen LogP contribution in [-0.2, 0) is 17.5 Å². The molecule has 0 aromatic heterocycles. The van der Waals surface area contributed by atoms with Crippen molar-refractivity contribution in [3.05, 3.63) is 28.8 Å². The Morgan fingerprint density at radius 3 is 2.32 bits per heavy atom. The lowest BCUT2D eigenvalue weighted by atomic mass is 10.0. The van der Waals surface area contributed by atoms with Crippen molar-refractivity contribution in [3.63, 3.8) is 0 Å². The Hall–Kier alpha value is -2.09. The number of anilines is 1. The number of carbonyl (C=O) groups excluding carboxylic acids is 2. The minimum Gasteiger partial charge on any atom is -0.332 e. The minimum atomic E-state index is -4.58. The Kier molecular flexibility index (Phi) is 4.26. The summed E-state index contributed by atoms with van der Waals surface area (Å²) in [4.78, 5) is 29.3. The van der Waals surface area contributed by atoms with Crippen LogP contribution in [0.1, 0.15) is 35.3 Å². The van der Waals surface area contributed by atoms with Crippen molar-refractivity contribution < 1.29 is 22.8 Å². The average Bonchev–Trinajstić information content (AvgIpc) is 2.83. The van der Waals surface area contributed by atoms with Gasteiger partial charge >= 0.3 is 6.18 Å². The molecule has 0 atom stereocenters. The van der Waals surface area contributed by atoms with Crippen LogP contribution in [0.4, 0.5) is 18.9 Å². The van der Waals surface area contributed by atoms with Crippen molar-refractivity contribution in [2.24, 2.45) is 0 Å². The number of halogens is 3. The molecular weight excluding hydrogens is 335 g/mol. The van der Waals surface area contributed by atoms with E-state index in [2.05, 4.69) is 0 Å². The highest BCUT2D eigenvalue weighted by atomic mass is 19.4. The Morgan fingerprint density at radius 2 is 1.76 bits per heavy atom. The Balaban J connectivity index is 2.09. The van der Waals surface area contributed by atoms with E-state index in [9.17, 15) is 22.8 Å². The highest BCUT2D eigenvalue weighted by molar-refractivity contribution is 6.02. The van der Waals surface area contributed by atoms with Crippen molar-refractivity contribution in [1.29, 1.82) is 0 Å². The second-order valence-electron chi connectivity index (χ2n) is 6.83. The molecule has 136 valence electrons.